The van der Waals surface area contributed by atoms with Crippen LogP contribution < -0.4 is 11.4 Å². The summed E-state index contributed by atoms with van der Waals surface area (Å²) in [7, 11) is -4.52. The molecule has 9 N–H and O–H groups in total. The maximum atomic E-state index is 13.3. The van der Waals surface area contributed by atoms with Crippen LogP contribution in [0, 0.1) is 0 Å². The summed E-state index contributed by atoms with van der Waals surface area (Å²) in [6.07, 6.45) is 6.78. The van der Waals surface area contributed by atoms with Crippen molar-refractivity contribution in [3.05, 3.63) is 21.7 Å². The Hall–Kier alpha value is -1.49. The molecule has 1 fully saturated rings. The number of nitrogens with two attached hydrogens (primary N) is 1. The van der Waals surface area contributed by atoms with Gasteiger partial charge in [0.15, 0.2) is 0 Å². The van der Waals surface area contributed by atoms with Crippen LogP contribution in [0.25, 0.3) is 0 Å². The van der Waals surface area contributed by atoms with E-state index in [0.717, 1.165) is 30.3 Å². The number of nitrogen functional groups attached to an aromatic ring is 1. The van der Waals surface area contributed by atoms with Crippen molar-refractivity contribution in [2.75, 3.05) is 25.3 Å². The van der Waals surface area contributed by atoms with Gasteiger partial charge in [-0.15, -0.1) is 0 Å². The number of nitrogens with zero attached hydrogens (tertiary/aromatic N) is 2. The van der Waals surface area contributed by atoms with E-state index in [2.05, 4.69) is 11.9 Å². The fourth-order valence-corrected chi connectivity index (χ4v) is 6.62. The van der Waals surface area contributed by atoms with Gasteiger partial charge < -0.3 is 55.3 Å². The second-order valence-electron chi connectivity index (χ2n) is 13.2. The number of hydrogen-bond donors (Lipinski definition) is 8. The molecule has 2 rings (SSSR count). The molecule has 0 spiro atoms. The molecule has 1 aromatic heterocycles. The molecule has 15 nitrogen and oxygen atoms in total. The van der Waals surface area contributed by atoms with Crippen LogP contribution in [-0.4, -0.2) is 95.0 Å². The minimum absolute atomic E-state index is 0.155. The van der Waals surface area contributed by atoms with E-state index < -0.39 is 80.0 Å². The van der Waals surface area contributed by atoms with E-state index in [-0.39, 0.29) is 18.7 Å². The molecule has 2 unspecified atom stereocenters. The van der Waals surface area contributed by atoms with Crippen LogP contribution in [-0.2, 0) is 31.1 Å². The highest BCUT2D eigenvalue weighted by molar-refractivity contribution is 7.51. The van der Waals surface area contributed by atoms with Gasteiger partial charge in [-0.3, -0.25) is 9.13 Å². The van der Waals surface area contributed by atoms with Gasteiger partial charge in [0, 0.05) is 6.61 Å². The molecular formula is C33H62N3O12P. The van der Waals surface area contributed by atoms with Crippen LogP contribution in [0.15, 0.2) is 4.79 Å². The molecule has 1 aromatic rings. The fraction of sp³-hybridized carbons (Fsp3) is 0.879. The first kappa shape index (κ1) is 43.7. The summed E-state index contributed by atoms with van der Waals surface area (Å²) in [4.78, 5) is 35.8. The van der Waals surface area contributed by atoms with E-state index in [1.54, 1.807) is 6.92 Å². The molecule has 16 heteroatoms. The van der Waals surface area contributed by atoms with Gasteiger partial charge in [-0.05, 0) is 19.8 Å². The number of unbranched alkanes of at least 4 members (excludes halogenated alkanes) is 13. The zero-order chi connectivity index (χ0) is 36.6. The smallest absolute Gasteiger partial charge is 0.350 e. The Bertz CT molecular complexity index is 1200. The van der Waals surface area contributed by atoms with Gasteiger partial charge in [-0.1, -0.05) is 97.3 Å². The van der Waals surface area contributed by atoms with Gasteiger partial charge in [0.05, 0.1) is 36.6 Å². The first-order valence-corrected chi connectivity index (χ1v) is 19.7. The van der Waals surface area contributed by atoms with Crippen molar-refractivity contribution in [1.29, 1.82) is 0 Å². The molecule has 286 valence electrons. The Balaban J connectivity index is 2.14. The SMILES string of the molecule is CCCCCCCCCCCCCCCCOC(CC)c1nc(=O)n(CC(C)OCP(=O)(O)O)c(N)c1[C@@]1(O)O[C@H](CO)[C@H](O)[C@H](O)[C@H]1O. The molecular weight excluding hydrogens is 661 g/mol. The zero-order valence-corrected chi connectivity index (χ0v) is 30.4. The van der Waals surface area contributed by atoms with Crippen molar-refractivity contribution in [3.8, 4) is 0 Å². The highest BCUT2D eigenvalue weighted by Gasteiger charge is 2.56. The minimum atomic E-state index is -4.52. The second-order valence-corrected chi connectivity index (χ2v) is 14.8. The number of aliphatic hydroxyl groups excluding tert-OH is 4. The molecule has 0 saturated carbocycles. The molecule has 0 bridgehead atoms. The molecule has 1 aliphatic heterocycles. The van der Waals surface area contributed by atoms with Crippen molar-refractivity contribution in [1.82, 2.24) is 9.55 Å². The van der Waals surface area contributed by atoms with Crippen LogP contribution in [0.5, 0.6) is 0 Å². The van der Waals surface area contributed by atoms with E-state index >= 15 is 0 Å². The van der Waals surface area contributed by atoms with Crippen molar-refractivity contribution in [3.63, 3.8) is 0 Å². The number of anilines is 1. The van der Waals surface area contributed by atoms with Crippen LogP contribution in [0.2, 0.25) is 0 Å². The van der Waals surface area contributed by atoms with Crippen LogP contribution >= 0.6 is 7.60 Å². The summed E-state index contributed by atoms with van der Waals surface area (Å²) < 4.78 is 29.0. The number of rotatable bonds is 25. The molecule has 1 saturated heterocycles. The Kier molecular flexibility index (Phi) is 19.4. The van der Waals surface area contributed by atoms with Gasteiger partial charge in [-0.2, -0.15) is 4.98 Å². The first-order valence-electron chi connectivity index (χ1n) is 17.9. The zero-order valence-electron chi connectivity index (χ0n) is 29.5. The first-order chi connectivity index (χ1) is 23.2. The average Bonchev–Trinajstić information content (AvgIpc) is 3.05. The van der Waals surface area contributed by atoms with Gasteiger partial charge in [-0.25, -0.2) is 4.79 Å². The summed E-state index contributed by atoms with van der Waals surface area (Å²) in [6.45, 7) is 4.54. The summed E-state index contributed by atoms with van der Waals surface area (Å²) in [6, 6.07) is 0. The Morgan fingerprint density at radius 3 is 1.94 bits per heavy atom. The van der Waals surface area contributed by atoms with Crippen molar-refractivity contribution in [2.24, 2.45) is 0 Å². The van der Waals surface area contributed by atoms with E-state index in [9.17, 15) is 34.9 Å². The van der Waals surface area contributed by atoms with Crippen molar-refractivity contribution in [2.45, 2.75) is 166 Å². The summed E-state index contributed by atoms with van der Waals surface area (Å²) >= 11 is 0. The number of hydrogen-bond acceptors (Lipinski definition) is 12. The fourth-order valence-electron chi connectivity index (χ4n) is 6.17. The predicted molar refractivity (Wildman–Crippen MR) is 184 cm³/mol. The van der Waals surface area contributed by atoms with Crippen LogP contribution in [0.1, 0.15) is 134 Å². The van der Waals surface area contributed by atoms with Crippen molar-refractivity contribution >= 4 is 13.4 Å². The average molecular weight is 724 g/mol. The molecule has 0 radical (unpaired) electrons. The molecule has 1 aliphatic rings. The maximum absolute atomic E-state index is 13.3. The third-order valence-corrected chi connectivity index (χ3v) is 9.52. The van der Waals surface area contributed by atoms with Crippen LogP contribution in [0.4, 0.5) is 5.82 Å². The lowest BCUT2D eigenvalue weighted by atomic mass is 9.86. The number of aliphatic hydroxyl groups is 5. The molecule has 0 aliphatic carbocycles. The Morgan fingerprint density at radius 2 is 1.45 bits per heavy atom. The normalized spacial score (nSPS) is 24.3. The predicted octanol–water partition coefficient (Wildman–Crippen LogP) is 2.93. The monoisotopic (exact) mass is 723 g/mol. The van der Waals surface area contributed by atoms with Gasteiger partial charge in [0.1, 0.15) is 36.6 Å². The van der Waals surface area contributed by atoms with Crippen LogP contribution in [0.3, 0.4) is 0 Å². The van der Waals surface area contributed by atoms with Gasteiger partial charge in [0.2, 0.25) is 5.79 Å². The molecule has 0 amide bonds. The molecule has 49 heavy (non-hydrogen) atoms. The summed E-state index contributed by atoms with van der Waals surface area (Å²) in [5.74, 6) is -3.29. The van der Waals surface area contributed by atoms with Crippen molar-refractivity contribution < 1.29 is 54.1 Å². The topological polar surface area (TPSA) is 247 Å². The lowest BCUT2D eigenvalue weighted by Gasteiger charge is -2.46. The number of aromatic nitrogens is 2. The Morgan fingerprint density at radius 1 is 0.918 bits per heavy atom. The quantitative estimate of drug-likeness (QED) is 0.0534. The summed E-state index contributed by atoms with van der Waals surface area (Å²) in [5, 5.41) is 53.5. The highest BCUT2D eigenvalue weighted by atomic mass is 31.2. The van der Waals surface area contributed by atoms with E-state index in [1.807, 2.05) is 0 Å². The largest absolute Gasteiger partial charge is 0.394 e. The molecule has 2 heterocycles. The summed E-state index contributed by atoms with van der Waals surface area (Å²) in [5.41, 5.74) is 4.99. The van der Waals surface area contributed by atoms with Gasteiger partial charge in [0.25, 0.3) is 0 Å². The standard InChI is InChI=1S/C33H62N3O12P/c1-4-6-7-8-9-10-11-12-13-14-15-16-17-18-19-46-24(5-2)27-26(33(42)30(40)29(39)28(38)25(21-37)48-33)31(34)36(32(41)35-27)20-23(3)47-22-49(43,44)45/h23-25,28-30,37-40,42H,4-22,34H2,1-3H3,(H2,43,44,45)/t23?,24?,25-,28+,29+,30-,33-/m1/s1. The molecule has 7 atom stereocenters. The minimum Gasteiger partial charge on any atom is -0.394 e. The van der Waals surface area contributed by atoms with E-state index in [1.165, 1.54) is 71.1 Å². The van der Waals surface area contributed by atoms with E-state index in [0.29, 0.717) is 6.61 Å². The lowest BCUT2D eigenvalue weighted by Crippen LogP contribution is -2.64. The third kappa shape index (κ3) is 13.5. The second kappa shape index (κ2) is 21.8. The highest BCUT2D eigenvalue weighted by Crippen LogP contribution is 2.42. The molecule has 0 aromatic carbocycles. The van der Waals surface area contributed by atoms with Gasteiger partial charge >= 0.3 is 13.3 Å². The third-order valence-electron chi connectivity index (χ3n) is 9.03. The lowest BCUT2D eigenvalue weighted by molar-refractivity contribution is -0.358. The Labute approximate surface area is 290 Å². The van der Waals surface area contributed by atoms with E-state index in [4.69, 9.17) is 29.7 Å². The maximum Gasteiger partial charge on any atom is 0.350 e. The number of ether oxygens (including phenoxy) is 3.